The number of fused-ring (bicyclic) bond motifs is 7. The lowest BCUT2D eigenvalue weighted by Crippen LogP contribution is -2.70. The van der Waals surface area contributed by atoms with Gasteiger partial charge in [0.05, 0.1) is 12.2 Å². The molecule has 6 nitrogen and oxygen atoms in total. The van der Waals surface area contributed by atoms with E-state index in [1.807, 2.05) is 0 Å². The monoisotopic (exact) mass is 495 g/mol. The molecule has 1 saturated heterocycles. The minimum Gasteiger partial charge on any atom is -0.479 e. The van der Waals surface area contributed by atoms with E-state index >= 15 is 8.78 Å². The van der Waals surface area contributed by atoms with Crippen LogP contribution in [0.1, 0.15) is 60.3 Å². The van der Waals surface area contributed by atoms with Crippen molar-refractivity contribution in [1.82, 2.24) is 5.06 Å². The van der Waals surface area contributed by atoms with Gasteiger partial charge in [0, 0.05) is 35.8 Å². The SMILES string of the molecule is CC(C)(C)CCN1C[C@@H]2C[C@H]3[C@@H]4C[C@H](F)C5=CC(O)C=C[C@]5(C)[C@@]4(F)[C@@H](O)C[C@]3(C)[C@]2(C(=O)O)O1. The third kappa shape index (κ3) is 3.15. The summed E-state index contributed by atoms with van der Waals surface area (Å²) in [6.07, 6.45) is 1.34. The number of halogens is 2. The lowest BCUT2D eigenvalue weighted by molar-refractivity contribution is -0.274. The van der Waals surface area contributed by atoms with Crippen LogP contribution in [0.2, 0.25) is 0 Å². The Morgan fingerprint density at radius 3 is 2.54 bits per heavy atom. The van der Waals surface area contributed by atoms with Crippen LogP contribution in [0, 0.1) is 34.0 Å². The summed E-state index contributed by atoms with van der Waals surface area (Å²) in [6.45, 7) is 10.7. The summed E-state index contributed by atoms with van der Waals surface area (Å²) in [4.78, 5) is 19.2. The van der Waals surface area contributed by atoms with Crippen molar-refractivity contribution >= 4 is 5.97 Å². The number of hydrogen-bond acceptors (Lipinski definition) is 5. The Balaban J connectivity index is 1.53. The average molecular weight is 496 g/mol. The summed E-state index contributed by atoms with van der Waals surface area (Å²) in [5, 5.41) is 33.8. The maximum absolute atomic E-state index is 17.3. The number of carboxylic acid groups (broad SMARTS) is 1. The topological polar surface area (TPSA) is 90.2 Å². The summed E-state index contributed by atoms with van der Waals surface area (Å²) >= 11 is 0. The predicted octanol–water partition coefficient (Wildman–Crippen LogP) is 3.83. The molecular weight excluding hydrogens is 456 g/mol. The van der Waals surface area contributed by atoms with Gasteiger partial charge in [-0.3, -0.25) is 4.84 Å². The first-order chi connectivity index (χ1) is 16.1. The number of carboxylic acids is 1. The zero-order valence-corrected chi connectivity index (χ0v) is 21.3. The lowest BCUT2D eigenvalue weighted by atomic mass is 9.44. The zero-order valence-electron chi connectivity index (χ0n) is 21.3. The Hall–Kier alpha value is -1.35. The van der Waals surface area contributed by atoms with Gasteiger partial charge in [-0.1, -0.05) is 39.8 Å². The van der Waals surface area contributed by atoms with Gasteiger partial charge in [0.25, 0.3) is 0 Å². The number of carbonyl (C=O) groups is 1. The second-order valence-electron chi connectivity index (χ2n) is 13.3. The van der Waals surface area contributed by atoms with Crippen molar-refractivity contribution in [3.63, 3.8) is 0 Å². The molecule has 3 saturated carbocycles. The molecule has 1 aliphatic heterocycles. The normalized spacial score (nSPS) is 51.3. The van der Waals surface area contributed by atoms with E-state index < -0.39 is 58.3 Å². The van der Waals surface area contributed by atoms with Gasteiger partial charge < -0.3 is 15.3 Å². The standard InChI is InChI=1S/C27H39F2NO5/c1-23(2,3)8-9-30-14-15-10-17-18-12-20(28)19-11-16(31)6-7-24(19,4)26(18,29)21(32)13-25(17,5)27(15,35-30)22(33)34/h6-7,11,15-18,20-21,31-32H,8-10,12-14H2,1-5H3,(H,33,34)/t15-,16?,17-,18-,20-,21-,24-,25-,26-,27-/m0/s1. The minimum absolute atomic E-state index is 0.0543. The maximum atomic E-state index is 17.3. The quantitative estimate of drug-likeness (QED) is 0.516. The molecule has 4 fully saturated rings. The Morgan fingerprint density at radius 2 is 1.91 bits per heavy atom. The maximum Gasteiger partial charge on any atom is 0.339 e. The van der Waals surface area contributed by atoms with Crippen molar-refractivity contribution in [2.45, 2.75) is 90.0 Å². The van der Waals surface area contributed by atoms with E-state index in [1.165, 1.54) is 18.2 Å². The second kappa shape index (κ2) is 7.59. The van der Waals surface area contributed by atoms with Crippen molar-refractivity contribution in [1.29, 1.82) is 0 Å². The van der Waals surface area contributed by atoms with E-state index in [0.29, 0.717) is 19.5 Å². The largest absolute Gasteiger partial charge is 0.479 e. The molecule has 4 aliphatic carbocycles. The molecule has 5 rings (SSSR count). The highest BCUT2D eigenvalue weighted by molar-refractivity contribution is 5.80. The van der Waals surface area contributed by atoms with Gasteiger partial charge in [-0.2, -0.15) is 5.06 Å². The molecule has 0 aromatic rings. The molecule has 196 valence electrons. The number of allylic oxidation sites excluding steroid dienone is 2. The summed E-state index contributed by atoms with van der Waals surface area (Å²) in [6, 6.07) is 0. The van der Waals surface area contributed by atoms with Gasteiger partial charge in [0.2, 0.25) is 0 Å². The van der Waals surface area contributed by atoms with Crippen LogP contribution in [0.4, 0.5) is 8.78 Å². The molecule has 3 N–H and O–H groups in total. The molecule has 10 atom stereocenters. The Morgan fingerprint density at radius 1 is 1.23 bits per heavy atom. The number of nitrogens with zero attached hydrogens (tertiary/aromatic N) is 1. The van der Waals surface area contributed by atoms with Gasteiger partial charge >= 0.3 is 5.97 Å². The molecule has 0 radical (unpaired) electrons. The third-order valence-corrected chi connectivity index (χ3v) is 10.2. The molecule has 35 heavy (non-hydrogen) atoms. The van der Waals surface area contributed by atoms with Crippen LogP contribution in [-0.2, 0) is 9.63 Å². The van der Waals surface area contributed by atoms with Crippen LogP contribution in [-0.4, -0.2) is 69.1 Å². The number of hydroxylamine groups is 2. The van der Waals surface area contributed by atoms with Gasteiger partial charge in [-0.15, -0.1) is 0 Å². The number of aliphatic hydroxyl groups is 2. The lowest BCUT2D eigenvalue weighted by Gasteiger charge is -2.63. The van der Waals surface area contributed by atoms with Crippen molar-refractivity contribution in [2.24, 2.45) is 34.0 Å². The Kier molecular flexibility index (Phi) is 5.49. The summed E-state index contributed by atoms with van der Waals surface area (Å²) in [5.74, 6) is -2.80. The third-order valence-electron chi connectivity index (χ3n) is 10.2. The first-order valence-corrected chi connectivity index (χ1v) is 12.9. The van der Waals surface area contributed by atoms with Crippen LogP contribution in [0.5, 0.6) is 0 Å². The number of aliphatic carboxylic acids is 1. The van der Waals surface area contributed by atoms with Crippen molar-refractivity contribution in [2.75, 3.05) is 13.1 Å². The Labute approximate surface area is 206 Å². The summed E-state index contributed by atoms with van der Waals surface area (Å²) in [5.41, 5.74) is -6.01. The van der Waals surface area contributed by atoms with Gasteiger partial charge in [-0.05, 0) is 55.6 Å². The number of hydrogen-bond donors (Lipinski definition) is 3. The molecule has 1 heterocycles. The van der Waals surface area contributed by atoms with Crippen LogP contribution in [0.15, 0.2) is 23.8 Å². The van der Waals surface area contributed by atoms with Gasteiger partial charge in [0.1, 0.15) is 6.17 Å². The van der Waals surface area contributed by atoms with Crippen molar-refractivity contribution in [3.05, 3.63) is 23.8 Å². The van der Waals surface area contributed by atoms with Crippen LogP contribution >= 0.6 is 0 Å². The van der Waals surface area contributed by atoms with Crippen molar-refractivity contribution < 1.29 is 33.7 Å². The number of alkyl halides is 2. The van der Waals surface area contributed by atoms with Crippen LogP contribution in [0.25, 0.3) is 0 Å². The van der Waals surface area contributed by atoms with Gasteiger partial charge in [-0.25, -0.2) is 13.6 Å². The van der Waals surface area contributed by atoms with E-state index in [9.17, 15) is 20.1 Å². The molecule has 0 spiro atoms. The molecule has 1 unspecified atom stereocenters. The van der Waals surface area contributed by atoms with E-state index in [4.69, 9.17) is 4.84 Å². The smallest absolute Gasteiger partial charge is 0.339 e. The van der Waals surface area contributed by atoms with E-state index in [1.54, 1.807) is 18.9 Å². The van der Waals surface area contributed by atoms with Crippen molar-refractivity contribution in [3.8, 4) is 0 Å². The number of rotatable bonds is 3. The highest BCUT2D eigenvalue weighted by atomic mass is 19.1. The number of aliphatic hydroxyl groups excluding tert-OH is 2. The average Bonchev–Trinajstić information content (AvgIpc) is 3.23. The van der Waals surface area contributed by atoms with E-state index in [-0.39, 0.29) is 29.7 Å². The fourth-order valence-corrected chi connectivity index (χ4v) is 8.39. The fraction of sp³-hybridized carbons (Fsp3) is 0.815. The zero-order chi connectivity index (χ0) is 25.8. The molecule has 0 amide bonds. The summed E-state index contributed by atoms with van der Waals surface area (Å²) in [7, 11) is 0. The first-order valence-electron chi connectivity index (χ1n) is 12.9. The molecule has 0 aromatic heterocycles. The molecule has 0 bridgehead atoms. The first kappa shape index (κ1) is 25.3. The van der Waals surface area contributed by atoms with E-state index in [0.717, 1.165) is 6.42 Å². The van der Waals surface area contributed by atoms with E-state index in [2.05, 4.69) is 20.8 Å². The summed E-state index contributed by atoms with van der Waals surface area (Å²) < 4.78 is 32.9. The van der Waals surface area contributed by atoms with Crippen LogP contribution < -0.4 is 0 Å². The molecule has 8 heteroatoms. The second-order valence-corrected chi connectivity index (χ2v) is 13.3. The van der Waals surface area contributed by atoms with Crippen LogP contribution in [0.3, 0.4) is 0 Å². The fourth-order valence-electron chi connectivity index (χ4n) is 8.39. The highest BCUT2D eigenvalue weighted by Gasteiger charge is 2.80. The molecular formula is C27H39F2NO5. The minimum atomic E-state index is -2.17. The molecule has 0 aromatic carbocycles. The predicted molar refractivity (Wildman–Crippen MR) is 126 cm³/mol. The molecule has 5 aliphatic rings. The highest BCUT2D eigenvalue weighted by Crippen LogP contribution is 2.72. The Bertz CT molecular complexity index is 979. The van der Waals surface area contributed by atoms with Gasteiger partial charge in [0.15, 0.2) is 11.3 Å².